The first kappa shape index (κ1) is 20.2. The van der Waals surface area contributed by atoms with Gasteiger partial charge in [-0.05, 0) is 92.7 Å². The Bertz CT molecular complexity index is 898. The topological polar surface area (TPSA) is 69.0 Å². The molecule has 31 heavy (non-hydrogen) atoms. The van der Waals surface area contributed by atoms with Gasteiger partial charge in [0.25, 0.3) is 5.91 Å². The van der Waals surface area contributed by atoms with E-state index in [9.17, 15) is 9.59 Å². The molecule has 0 aliphatic heterocycles. The van der Waals surface area contributed by atoms with Crippen molar-refractivity contribution in [3.05, 3.63) is 54.0 Å². The van der Waals surface area contributed by atoms with Crippen LogP contribution in [0.2, 0.25) is 0 Å². The number of furan rings is 1. The SMILES string of the molecule is COc1ccc(C(=O)OCC(=O)N(Cc2ccco2)C23CC4CC(CC(C4)C2)C3)cc1. The van der Waals surface area contributed by atoms with Gasteiger partial charge in [-0.1, -0.05) is 0 Å². The van der Waals surface area contributed by atoms with Crippen LogP contribution in [0.25, 0.3) is 0 Å². The number of benzene rings is 1. The van der Waals surface area contributed by atoms with Gasteiger partial charge in [-0.25, -0.2) is 4.79 Å². The van der Waals surface area contributed by atoms with Gasteiger partial charge < -0.3 is 18.8 Å². The molecule has 0 spiro atoms. The number of ether oxygens (including phenoxy) is 2. The molecule has 4 aliphatic carbocycles. The van der Waals surface area contributed by atoms with Crippen LogP contribution in [0.3, 0.4) is 0 Å². The predicted octanol–water partition coefficient (Wildman–Crippen LogP) is 4.44. The van der Waals surface area contributed by atoms with Crippen LogP contribution < -0.4 is 4.74 Å². The number of carbonyl (C=O) groups excluding carboxylic acids is 2. The van der Waals surface area contributed by atoms with E-state index in [1.54, 1.807) is 37.6 Å². The molecule has 0 N–H and O–H groups in total. The zero-order chi connectivity index (χ0) is 21.4. The molecule has 0 radical (unpaired) electrons. The summed E-state index contributed by atoms with van der Waals surface area (Å²) >= 11 is 0. The van der Waals surface area contributed by atoms with Crippen molar-refractivity contribution in [1.29, 1.82) is 0 Å². The second-order valence-electron chi connectivity index (χ2n) is 9.51. The lowest BCUT2D eigenvalue weighted by Crippen LogP contribution is -2.61. The average Bonchev–Trinajstić information content (AvgIpc) is 3.28. The van der Waals surface area contributed by atoms with Crippen LogP contribution in [0.4, 0.5) is 0 Å². The number of hydrogen-bond acceptors (Lipinski definition) is 5. The predicted molar refractivity (Wildman–Crippen MR) is 113 cm³/mol. The molecule has 1 heterocycles. The zero-order valence-corrected chi connectivity index (χ0v) is 17.9. The van der Waals surface area contributed by atoms with Gasteiger partial charge in [0, 0.05) is 5.54 Å². The molecule has 0 saturated heterocycles. The molecule has 1 amide bonds. The highest BCUT2D eigenvalue weighted by atomic mass is 16.5. The van der Waals surface area contributed by atoms with Crippen LogP contribution in [0.15, 0.2) is 47.1 Å². The zero-order valence-electron chi connectivity index (χ0n) is 17.9. The Kier molecular flexibility index (Phi) is 5.24. The molecule has 4 aliphatic rings. The Morgan fingerprint density at radius 1 is 1.03 bits per heavy atom. The Balaban J connectivity index is 1.32. The second-order valence-corrected chi connectivity index (χ2v) is 9.51. The van der Waals surface area contributed by atoms with Gasteiger partial charge in [-0.2, -0.15) is 0 Å². The van der Waals surface area contributed by atoms with Gasteiger partial charge in [0.05, 0.1) is 25.5 Å². The number of rotatable bonds is 7. The molecule has 164 valence electrons. The summed E-state index contributed by atoms with van der Waals surface area (Å²) in [5.74, 6) is 2.92. The minimum Gasteiger partial charge on any atom is -0.497 e. The molecule has 0 unspecified atom stereocenters. The molecular weight excluding hydrogens is 394 g/mol. The van der Waals surface area contributed by atoms with Crippen molar-refractivity contribution in [2.75, 3.05) is 13.7 Å². The largest absolute Gasteiger partial charge is 0.497 e. The highest BCUT2D eigenvalue weighted by Crippen LogP contribution is 2.58. The average molecular weight is 424 g/mol. The van der Waals surface area contributed by atoms with Crippen molar-refractivity contribution < 1.29 is 23.5 Å². The standard InChI is InChI=1S/C25H29NO5/c1-29-21-6-4-20(5-7-21)24(28)31-16-23(27)26(15-22-3-2-8-30-22)25-12-17-9-18(13-25)11-19(10-17)14-25/h2-8,17-19H,9-16H2,1H3. The fraction of sp³-hybridized carbons (Fsp3) is 0.520. The van der Waals surface area contributed by atoms with E-state index in [0.717, 1.165) is 25.0 Å². The summed E-state index contributed by atoms with van der Waals surface area (Å²) in [7, 11) is 1.57. The first-order chi connectivity index (χ1) is 15.0. The van der Waals surface area contributed by atoms with E-state index < -0.39 is 5.97 Å². The summed E-state index contributed by atoms with van der Waals surface area (Å²) in [6.07, 6.45) is 8.70. The lowest BCUT2D eigenvalue weighted by Gasteiger charge is -2.60. The van der Waals surface area contributed by atoms with Gasteiger partial charge in [0.2, 0.25) is 0 Å². The third-order valence-corrected chi connectivity index (χ3v) is 7.43. The van der Waals surface area contributed by atoms with Crippen LogP contribution in [0.1, 0.15) is 54.6 Å². The van der Waals surface area contributed by atoms with E-state index in [-0.39, 0.29) is 18.1 Å². The third-order valence-electron chi connectivity index (χ3n) is 7.43. The van der Waals surface area contributed by atoms with Gasteiger partial charge >= 0.3 is 5.97 Å². The fourth-order valence-corrected chi connectivity index (χ4v) is 6.49. The maximum atomic E-state index is 13.4. The van der Waals surface area contributed by atoms with Crippen molar-refractivity contribution in [2.45, 2.75) is 50.6 Å². The van der Waals surface area contributed by atoms with Crippen molar-refractivity contribution in [3.8, 4) is 5.75 Å². The smallest absolute Gasteiger partial charge is 0.338 e. The number of esters is 1. The van der Waals surface area contributed by atoms with Gasteiger partial charge in [0.1, 0.15) is 11.5 Å². The lowest BCUT2D eigenvalue weighted by molar-refractivity contribution is -0.156. The molecule has 4 fully saturated rings. The second kappa shape index (κ2) is 8.06. The highest BCUT2D eigenvalue weighted by molar-refractivity contribution is 5.91. The summed E-state index contributed by atoms with van der Waals surface area (Å²) in [5, 5.41) is 0. The van der Waals surface area contributed by atoms with E-state index in [1.165, 1.54) is 19.3 Å². The summed E-state index contributed by atoms with van der Waals surface area (Å²) in [6, 6.07) is 10.5. The number of nitrogens with zero attached hydrogens (tertiary/aromatic N) is 1. The van der Waals surface area contributed by atoms with Crippen molar-refractivity contribution in [3.63, 3.8) is 0 Å². The molecule has 6 rings (SSSR count). The summed E-state index contributed by atoms with van der Waals surface area (Å²) in [5.41, 5.74) is 0.270. The van der Waals surface area contributed by atoms with Gasteiger partial charge in [0.15, 0.2) is 6.61 Å². The number of amides is 1. The molecular formula is C25H29NO5. The van der Waals surface area contributed by atoms with Crippen LogP contribution in [-0.2, 0) is 16.1 Å². The van der Waals surface area contributed by atoms with Gasteiger partial charge in [-0.15, -0.1) is 0 Å². The Morgan fingerprint density at radius 2 is 1.68 bits per heavy atom. The van der Waals surface area contributed by atoms with E-state index >= 15 is 0 Å². The van der Waals surface area contributed by atoms with Gasteiger partial charge in [-0.3, -0.25) is 4.79 Å². The van der Waals surface area contributed by atoms with Crippen LogP contribution in [0.5, 0.6) is 5.75 Å². The van der Waals surface area contributed by atoms with E-state index in [0.29, 0.717) is 35.6 Å². The van der Waals surface area contributed by atoms with Crippen molar-refractivity contribution in [1.82, 2.24) is 4.90 Å². The minimum atomic E-state index is -0.500. The molecule has 0 atom stereocenters. The Labute approximate surface area is 182 Å². The fourth-order valence-electron chi connectivity index (χ4n) is 6.49. The quantitative estimate of drug-likeness (QED) is 0.616. The van der Waals surface area contributed by atoms with Crippen LogP contribution in [0, 0.1) is 17.8 Å². The molecule has 4 saturated carbocycles. The van der Waals surface area contributed by atoms with Crippen molar-refractivity contribution >= 4 is 11.9 Å². The highest BCUT2D eigenvalue weighted by Gasteiger charge is 2.54. The normalized spacial score (nSPS) is 28.4. The molecule has 6 nitrogen and oxygen atoms in total. The van der Waals surface area contributed by atoms with E-state index in [2.05, 4.69) is 0 Å². The molecule has 4 bridgehead atoms. The Morgan fingerprint density at radius 3 is 2.23 bits per heavy atom. The lowest BCUT2D eigenvalue weighted by atomic mass is 9.52. The van der Waals surface area contributed by atoms with E-state index in [4.69, 9.17) is 13.9 Å². The van der Waals surface area contributed by atoms with Crippen molar-refractivity contribution in [2.24, 2.45) is 17.8 Å². The molecule has 1 aromatic carbocycles. The summed E-state index contributed by atoms with van der Waals surface area (Å²) in [4.78, 5) is 27.9. The number of carbonyl (C=O) groups is 2. The maximum absolute atomic E-state index is 13.4. The molecule has 2 aromatic rings. The van der Waals surface area contributed by atoms with Crippen LogP contribution >= 0.6 is 0 Å². The molecule has 6 heteroatoms. The summed E-state index contributed by atoms with van der Waals surface area (Å²) < 4.78 is 16.1. The van der Waals surface area contributed by atoms with Crippen LogP contribution in [-0.4, -0.2) is 36.0 Å². The van der Waals surface area contributed by atoms with E-state index in [1.807, 2.05) is 17.0 Å². The molecule has 1 aromatic heterocycles. The maximum Gasteiger partial charge on any atom is 0.338 e. The number of methoxy groups -OCH3 is 1. The third kappa shape index (κ3) is 3.95. The minimum absolute atomic E-state index is 0.134. The Hall–Kier alpha value is -2.76. The first-order valence-electron chi connectivity index (χ1n) is 11.2. The monoisotopic (exact) mass is 423 g/mol. The first-order valence-corrected chi connectivity index (χ1v) is 11.2. The summed E-state index contributed by atoms with van der Waals surface area (Å²) in [6.45, 7) is 0.172. The number of hydrogen-bond donors (Lipinski definition) is 0.